The van der Waals surface area contributed by atoms with E-state index in [-0.39, 0.29) is 6.10 Å². The Bertz CT molecular complexity index is 479. The number of hydrogen-bond acceptors (Lipinski definition) is 3. The van der Waals surface area contributed by atoms with Crippen molar-refractivity contribution in [1.29, 1.82) is 0 Å². The Morgan fingerprint density at radius 2 is 2.25 bits per heavy atom. The van der Waals surface area contributed by atoms with Gasteiger partial charge in [-0.2, -0.15) is 0 Å². The van der Waals surface area contributed by atoms with Crippen molar-refractivity contribution in [2.45, 2.75) is 6.10 Å². The van der Waals surface area contributed by atoms with Crippen LogP contribution in [0.25, 0.3) is 0 Å². The summed E-state index contributed by atoms with van der Waals surface area (Å²) in [6.45, 7) is 0. The van der Waals surface area contributed by atoms with Crippen molar-refractivity contribution in [3.63, 3.8) is 0 Å². The van der Waals surface area contributed by atoms with Crippen LogP contribution in [0.2, 0.25) is 0 Å². The standard InChI is InChI=1S/C12H15N3O/c1-15-7-6-14-12(15)11(16-2)9-4-3-5-10(13)8-9/h3-8,11H,13H2,1-2H3. The number of ether oxygens (including phenoxy) is 1. The van der Waals surface area contributed by atoms with E-state index in [1.807, 2.05) is 42.1 Å². The fraction of sp³-hybridized carbons (Fsp3) is 0.250. The van der Waals surface area contributed by atoms with Gasteiger partial charge >= 0.3 is 0 Å². The quantitative estimate of drug-likeness (QED) is 0.797. The number of nitrogens with two attached hydrogens (primary N) is 1. The van der Waals surface area contributed by atoms with Crippen LogP contribution in [0.1, 0.15) is 17.5 Å². The topological polar surface area (TPSA) is 53.1 Å². The van der Waals surface area contributed by atoms with Gasteiger partial charge in [0, 0.05) is 32.2 Å². The molecule has 0 bridgehead atoms. The van der Waals surface area contributed by atoms with E-state index < -0.39 is 0 Å². The average molecular weight is 217 g/mol. The number of nitrogen functional groups attached to an aromatic ring is 1. The van der Waals surface area contributed by atoms with Crippen molar-refractivity contribution in [3.8, 4) is 0 Å². The third-order valence-electron chi connectivity index (χ3n) is 2.54. The lowest BCUT2D eigenvalue weighted by Crippen LogP contribution is -2.10. The molecule has 84 valence electrons. The van der Waals surface area contributed by atoms with Crippen molar-refractivity contribution >= 4 is 5.69 Å². The third-order valence-corrected chi connectivity index (χ3v) is 2.54. The molecule has 0 fully saturated rings. The van der Waals surface area contributed by atoms with E-state index >= 15 is 0 Å². The Balaban J connectivity index is 2.40. The monoisotopic (exact) mass is 217 g/mol. The summed E-state index contributed by atoms with van der Waals surface area (Å²) in [6, 6.07) is 7.66. The fourth-order valence-corrected chi connectivity index (χ4v) is 1.74. The smallest absolute Gasteiger partial charge is 0.142 e. The normalized spacial score (nSPS) is 12.6. The molecule has 4 heteroatoms. The van der Waals surface area contributed by atoms with Crippen LogP contribution in [0.4, 0.5) is 5.69 Å². The van der Waals surface area contributed by atoms with Crippen molar-refractivity contribution in [2.24, 2.45) is 7.05 Å². The van der Waals surface area contributed by atoms with E-state index in [0.29, 0.717) is 0 Å². The summed E-state index contributed by atoms with van der Waals surface area (Å²) < 4.78 is 7.42. The Kier molecular flexibility index (Phi) is 2.92. The second-order valence-corrected chi connectivity index (χ2v) is 3.68. The highest BCUT2D eigenvalue weighted by atomic mass is 16.5. The van der Waals surface area contributed by atoms with E-state index in [1.54, 1.807) is 13.3 Å². The molecule has 2 aromatic rings. The molecule has 1 aromatic heterocycles. The van der Waals surface area contributed by atoms with E-state index in [1.165, 1.54) is 0 Å². The Morgan fingerprint density at radius 1 is 1.44 bits per heavy atom. The molecular weight excluding hydrogens is 202 g/mol. The predicted octanol–water partition coefficient (Wildman–Crippen LogP) is 1.74. The van der Waals surface area contributed by atoms with Crippen molar-refractivity contribution in [2.75, 3.05) is 12.8 Å². The summed E-state index contributed by atoms with van der Waals surface area (Å²) in [4.78, 5) is 4.29. The van der Waals surface area contributed by atoms with E-state index in [2.05, 4.69) is 4.98 Å². The van der Waals surface area contributed by atoms with Gasteiger partial charge in [-0.3, -0.25) is 0 Å². The number of aromatic nitrogens is 2. The highest BCUT2D eigenvalue weighted by Crippen LogP contribution is 2.24. The van der Waals surface area contributed by atoms with Gasteiger partial charge in [0.1, 0.15) is 11.9 Å². The van der Waals surface area contributed by atoms with Gasteiger partial charge < -0.3 is 15.0 Å². The lowest BCUT2D eigenvalue weighted by atomic mass is 10.1. The molecule has 2 rings (SSSR count). The van der Waals surface area contributed by atoms with Crippen molar-refractivity contribution in [1.82, 2.24) is 9.55 Å². The number of nitrogens with zero attached hydrogens (tertiary/aromatic N) is 2. The maximum atomic E-state index is 5.76. The van der Waals surface area contributed by atoms with Crippen molar-refractivity contribution in [3.05, 3.63) is 48.0 Å². The second-order valence-electron chi connectivity index (χ2n) is 3.68. The summed E-state index contributed by atoms with van der Waals surface area (Å²) in [6.07, 6.45) is 3.48. The van der Waals surface area contributed by atoms with E-state index in [4.69, 9.17) is 10.5 Å². The zero-order valence-electron chi connectivity index (χ0n) is 9.42. The molecule has 1 heterocycles. The highest BCUT2D eigenvalue weighted by Gasteiger charge is 2.17. The second kappa shape index (κ2) is 4.37. The number of aryl methyl sites for hydroxylation is 1. The highest BCUT2D eigenvalue weighted by molar-refractivity contribution is 5.42. The summed E-state index contributed by atoms with van der Waals surface area (Å²) in [7, 11) is 3.61. The number of benzene rings is 1. The molecule has 4 nitrogen and oxygen atoms in total. The summed E-state index contributed by atoms with van der Waals surface area (Å²) in [5.41, 5.74) is 7.50. The molecule has 0 aliphatic rings. The molecule has 1 unspecified atom stereocenters. The molecule has 1 aromatic carbocycles. The molecule has 16 heavy (non-hydrogen) atoms. The van der Waals surface area contributed by atoms with Crippen molar-refractivity contribution < 1.29 is 4.74 Å². The molecule has 0 amide bonds. The number of methoxy groups -OCH3 is 1. The van der Waals surface area contributed by atoms with Crippen LogP contribution < -0.4 is 5.73 Å². The molecule has 0 spiro atoms. The van der Waals surface area contributed by atoms with Gasteiger partial charge in [-0.1, -0.05) is 12.1 Å². The molecule has 2 N–H and O–H groups in total. The lowest BCUT2D eigenvalue weighted by molar-refractivity contribution is 0.126. The van der Waals surface area contributed by atoms with Crippen LogP contribution in [0.3, 0.4) is 0 Å². The van der Waals surface area contributed by atoms with Gasteiger partial charge in [0.25, 0.3) is 0 Å². The van der Waals surface area contributed by atoms with Crippen LogP contribution in [-0.2, 0) is 11.8 Å². The van der Waals surface area contributed by atoms with Crippen LogP contribution in [-0.4, -0.2) is 16.7 Å². The number of imidazole rings is 1. The first kappa shape index (κ1) is 10.7. The summed E-state index contributed by atoms with van der Waals surface area (Å²) in [5.74, 6) is 0.869. The number of hydrogen-bond donors (Lipinski definition) is 1. The molecule has 0 aliphatic carbocycles. The minimum absolute atomic E-state index is 0.177. The van der Waals surface area contributed by atoms with E-state index in [0.717, 1.165) is 17.1 Å². The maximum Gasteiger partial charge on any atom is 0.142 e. The SMILES string of the molecule is COC(c1cccc(N)c1)c1nccn1C. The number of anilines is 1. The summed E-state index contributed by atoms with van der Waals surface area (Å²) in [5, 5.41) is 0. The maximum absolute atomic E-state index is 5.76. The first-order valence-corrected chi connectivity index (χ1v) is 5.08. The van der Waals surface area contributed by atoms with Crippen LogP contribution >= 0.6 is 0 Å². The van der Waals surface area contributed by atoms with E-state index in [9.17, 15) is 0 Å². The minimum atomic E-state index is -0.177. The Labute approximate surface area is 94.7 Å². The minimum Gasteiger partial charge on any atom is -0.399 e. The average Bonchev–Trinajstić information content (AvgIpc) is 2.67. The van der Waals surface area contributed by atoms with Gasteiger partial charge in [0.15, 0.2) is 0 Å². The first-order chi connectivity index (χ1) is 7.72. The van der Waals surface area contributed by atoms with Crippen LogP contribution in [0.5, 0.6) is 0 Å². The zero-order valence-corrected chi connectivity index (χ0v) is 9.42. The molecule has 0 saturated carbocycles. The van der Waals surface area contributed by atoms with Crippen LogP contribution in [0.15, 0.2) is 36.7 Å². The predicted molar refractivity (Wildman–Crippen MR) is 62.9 cm³/mol. The molecule has 1 atom stereocenters. The molecule has 0 radical (unpaired) electrons. The summed E-state index contributed by atoms with van der Waals surface area (Å²) >= 11 is 0. The Hall–Kier alpha value is -1.81. The molecule has 0 aliphatic heterocycles. The zero-order chi connectivity index (χ0) is 11.5. The van der Waals surface area contributed by atoms with Gasteiger partial charge in [-0.15, -0.1) is 0 Å². The van der Waals surface area contributed by atoms with Gasteiger partial charge in [0.2, 0.25) is 0 Å². The molecule has 0 saturated heterocycles. The Morgan fingerprint density at radius 3 is 2.81 bits per heavy atom. The third kappa shape index (κ3) is 1.92. The van der Waals surface area contributed by atoms with Gasteiger partial charge in [-0.05, 0) is 17.7 Å². The first-order valence-electron chi connectivity index (χ1n) is 5.08. The number of rotatable bonds is 3. The molecular formula is C12H15N3O. The lowest BCUT2D eigenvalue weighted by Gasteiger charge is -2.15. The van der Waals surface area contributed by atoms with Gasteiger partial charge in [0.05, 0.1) is 0 Å². The van der Waals surface area contributed by atoms with Gasteiger partial charge in [-0.25, -0.2) is 4.98 Å². The van der Waals surface area contributed by atoms with Crippen LogP contribution in [0, 0.1) is 0 Å². The fourth-order valence-electron chi connectivity index (χ4n) is 1.74. The largest absolute Gasteiger partial charge is 0.399 e.